The van der Waals surface area contributed by atoms with Crippen molar-refractivity contribution in [3.63, 3.8) is 0 Å². The smallest absolute Gasteiger partial charge is 0.269 e. The van der Waals surface area contributed by atoms with Crippen molar-refractivity contribution in [2.24, 2.45) is 0 Å². The molecule has 0 aliphatic carbocycles. The number of amides is 1. The van der Waals surface area contributed by atoms with E-state index in [-0.39, 0.29) is 18.2 Å². The summed E-state index contributed by atoms with van der Waals surface area (Å²) < 4.78 is 6.37. The van der Waals surface area contributed by atoms with Crippen LogP contribution in [0.2, 0.25) is 0 Å². The van der Waals surface area contributed by atoms with Crippen LogP contribution in [0.5, 0.6) is 5.75 Å². The number of rotatable bonds is 9. The van der Waals surface area contributed by atoms with Gasteiger partial charge >= 0.3 is 0 Å². The Kier molecular flexibility index (Phi) is 7.16. The summed E-state index contributed by atoms with van der Waals surface area (Å²) >= 11 is 5.07. The van der Waals surface area contributed by atoms with E-state index in [0.717, 1.165) is 10.3 Å². The van der Waals surface area contributed by atoms with Gasteiger partial charge in [-0.05, 0) is 40.2 Å². The highest BCUT2D eigenvalue weighted by Crippen LogP contribution is 2.21. The Hall–Kier alpha value is -1.97. The molecule has 0 atom stereocenters. The second-order valence-electron chi connectivity index (χ2n) is 4.77. The third kappa shape index (κ3) is 6.26. The molecule has 0 spiro atoms. The van der Waals surface area contributed by atoms with Gasteiger partial charge < -0.3 is 15.4 Å². The van der Waals surface area contributed by atoms with Crippen LogP contribution in [0.3, 0.4) is 0 Å². The monoisotopic (exact) mass is 413 g/mol. The van der Waals surface area contributed by atoms with Gasteiger partial charge in [-0.15, -0.1) is 11.3 Å². The van der Waals surface area contributed by atoms with Gasteiger partial charge in [-0.3, -0.25) is 14.9 Å². The molecular weight excluding hydrogens is 398 g/mol. The van der Waals surface area contributed by atoms with Gasteiger partial charge in [-0.1, -0.05) is 0 Å². The van der Waals surface area contributed by atoms with Crippen LogP contribution in [0.1, 0.15) is 4.88 Å². The number of carbonyl (C=O) groups is 1. The van der Waals surface area contributed by atoms with Gasteiger partial charge in [0, 0.05) is 36.6 Å². The van der Waals surface area contributed by atoms with Crippen molar-refractivity contribution in [3.8, 4) is 5.75 Å². The van der Waals surface area contributed by atoms with Crippen LogP contribution in [0, 0.1) is 10.1 Å². The maximum Gasteiger partial charge on any atom is 0.269 e. The molecule has 1 heterocycles. The zero-order valence-electron chi connectivity index (χ0n) is 12.7. The molecule has 1 amide bonds. The van der Waals surface area contributed by atoms with Crippen molar-refractivity contribution in [3.05, 3.63) is 55.2 Å². The predicted octanol–water partition coefficient (Wildman–Crippen LogP) is 2.70. The number of ether oxygens (including phenoxy) is 1. The number of hydrogen-bond donors (Lipinski definition) is 2. The van der Waals surface area contributed by atoms with E-state index < -0.39 is 4.92 Å². The van der Waals surface area contributed by atoms with Crippen molar-refractivity contribution >= 4 is 38.9 Å². The van der Waals surface area contributed by atoms with Crippen LogP contribution in [-0.2, 0) is 11.3 Å². The molecule has 1 aromatic heterocycles. The van der Waals surface area contributed by atoms with Crippen molar-refractivity contribution < 1.29 is 14.5 Å². The average Bonchev–Trinajstić information content (AvgIpc) is 2.98. The number of nitro benzene ring substituents is 1. The first-order valence-corrected chi connectivity index (χ1v) is 8.74. The lowest BCUT2D eigenvalue weighted by Crippen LogP contribution is -2.34. The summed E-state index contributed by atoms with van der Waals surface area (Å²) in [6, 6.07) is 9.63. The molecule has 2 rings (SSSR count). The van der Waals surface area contributed by atoms with E-state index in [2.05, 4.69) is 26.6 Å². The minimum Gasteiger partial charge on any atom is -0.484 e. The highest BCUT2D eigenvalue weighted by molar-refractivity contribution is 9.11. The van der Waals surface area contributed by atoms with Crippen molar-refractivity contribution in [1.82, 2.24) is 10.6 Å². The summed E-state index contributed by atoms with van der Waals surface area (Å²) in [4.78, 5) is 22.9. The van der Waals surface area contributed by atoms with Crippen molar-refractivity contribution in [2.45, 2.75) is 6.54 Å². The molecule has 0 radical (unpaired) electrons. The summed E-state index contributed by atoms with van der Waals surface area (Å²) in [6.07, 6.45) is 0. The van der Waals surface area contributed by atoms with Crippen molar-refractivity contribution in [1.29, 1.82) is 0 Å². The van der Waals surface area contributed by atoms with Gasteiger partial charge in [0.05, 0.1) is 8.71 Å². The number of nitrogens with zero attached hydrogens (tertiary/aromatic N) is 1. The lowest BCUT2D eigenvalue weighted by Gasteiger charge is -2.08. The molecule has 24 heavy (non-hydrogen) atoms. The topological polar surface area (TPSA) is 93.5 Å². The van der Waals surface area contributed by atoms with Gasteiger partial charge in [-0.25, -0.2) is 0 Å². The predicted molar refractivity (Wildman–Crippen MR) is 95.3 cm³/mol. The first-order valence-electron chi connectivity index (χ1n) is 7.13. The molecule has 2 aromatic rings. The standard InChI is InChI=1S/C15H16BrN3O4S/c16-14-6-5-13(24-14)9-17-7-8-18-15(20)10-23-12-3-1-11(2-4-12)19(21)22/h1-6,17H,7-10H2,(H,18,20). The van der Waals surface area contributed by atoms with E-state index in [1.807, 2.05) is 12.1 Å². The number of carbonyl (C=O) groups excluding carboxylic acids is 1. The number of thiophene rings is 1. The Morgan fingerprint density at radius 3 is 2.58 bits per heavy atom. The summed E-state index contributed by atoms with van der Waals surface area (Å²) in [6.45, 7) is 1.77. The third-order valence-corrected chi connectivity index (χ3v) is 4.59. The SMILES string of the molecule is O=C(COc1ccc([N+](=O)[O-])cc1)NCCNCc1ccc(Br)s1. The number of nitro groups is 1. The average molecular weight is 414 g/mol. The Balaban J connectivity index is 1.58. The molecule has 0 unspecified atom stereocenters. The normalized spacial score (nSPS) is 10.4. The van der Waals surface area contributed by atoms with Crippen LogP contribution in [-0.4, -0.2) is 30.5 Å². The Labute approximate surface area is 151 Å². The van der Waals surface area contributed by atoms with E-state index in [1.54, 1.807) is 11.3 Å². The highest BCUT2D eigenvalue weighted by Gasteiger charge is 2.06. The lowest BCUT2D eigenvalue weighted by molar-refractivity contribution is -0.384. The van der Waals surface area contributed by atoms with Gasteiger partial charge in [0.1, 0.15) is 5.75 Å². The quantitative estimate of drug-likeness (QED) is 0.374. The molecule has 7 nitrogen and oxygen atoms in total. The molecule has 0 fully saturated rings. The second kappa shape index (κ2) is 9.36. The first-order chi connectivity index (χ1) is 11.5. The minimum atomic E-state index is -0.488. The molecule has 9 heteroatoms. The fourth-order valence-electron chi connectivity index (χ4n) is 1.81. The van der Waals surface area contributed by atoms with E-state index in [1.165, 1.54) is 29.1 Å². The van der Waals surface area contributed by atoms with E-state index in [9.17, 15) is 14.9 Å². The molecule has 128 valence electrons. The zero-order chi connectivity index (χ0) is 17.4. The van der Waals surface area contributed by atoms with E-state index in [0.29, 0.717) is 18.8 Å². The third-order valence-electron chi connectivity index (χ3n) is 2.97. The number of hydrogen-bond acceptors (Lipinski definition) is 6. The Morgan fingerprint density at radius 1 is 1.21 bits per heavy atom. The number of non-ortho nitro benzene ring substituents is 1. The van der Waals surface area contributed by atoms with Crippen LogP contribution in [0.4, 0.5) is 5.69 Å². The molecular formula is C15H16BrN3O4S. The van der Waals surface area contributed by atoms with Crippen LogP contribution in [0.15, 0.2) is 40.2 Å². The second-order valence-corrected chi connectivity index (χ2v) is 7.32. The Bertz CT molecular complexity index is 690. The Morgan fingerprint density at radius 2 is 1.96 bits per heavy atom. The molecule has 0 aliphatic heterocycles. The maximum absolute atomic E-state index is 11.7. The minimum absolute atomic E-state index is 0.0179. The van der Waals surface area contributed by atoms with Crippen LogP contribution < -0.4 is 15.4 Å². The largest absolute Gasteiger partial charge is 0.484 e. The summed E-state index contributed by atoms with van der Waals surface area (Å²) in [5, 5.41) is 16.5. The molecule has 2 N–H and O–H groups in total. The summed E-state index contributed by atoms with van der Waals surface area (Å²) in [5.41, 5.74) is -0.0179. The molecule has 1 aromatic carbocycles. The van der Waals surface area contributed by atoms with Gasteiger partial charge in [0.15, 0.2) is 6.61 Å². The van der Waals surface area contributed by atoms with E-state index >= 15 is 0 Å². The molecule has 0 saturated heterocycles. The van der Waals surface area contributed by atoms with E-state index in [4.69, 9.17) is 4.74 Å². The fraction of sp³-hybridized carbons (Fsp3) is 0.267. The fourth-order valence-corrected chi connectivity index (χ4v) is 3.27. The first kappa shape index (κ1) is 18.4. The van der Waals surface area contributed by atoms with Gasteiger partial charge in [0.2, 0.25) is 0 Å². The van der Waals surface area contributed by atoms with Crippen LogP contribution >= 0.6 is 27.3 Å². The van der Waals surface area contributed by atoms with Gasteiger partial charge in [-0.2, -0.15) is 0 Å². The number of halogens is 1. The summed E-state index contributed by atoms with van der Waals surface area (Å²) in [7, 11) is 0. The maximum atomic E-state index is 11.7. The summed E-state index contributed by atoms with van der Waals surface area (Å²) in [5.74, 6) is 0.172. The number of benzene rings is 1. The molecule has 0 aliphatic rings. The van der Waals surface area contributed by atoms with Gasteiger partial charge in [0.25, 0.3) is 11.6 Å². The highest BCUT2D eigenvalue weighted by atomic mass is 79.9. The number of nitrogens with one attached hydrogen (secondary N) is 2. The van der Waals surface area contributed by atoms with Crippen molar-refractivity contribution in [2.75, 3.05) is 19.7 Å². The lowest BCUT2D eigenvalue weighted by atomic mass is 10.3. The molecule has 0 saturated carbocycles. The molecule has 0 bridgehead atoms. The zero-order valence-corrected chi connectivity index (χ0v) is 15.1. The van der Waals surface area contributed by atoms with Crippen LogP contribution in [0.25, 0.3) is 0 Å².